The van der Waals surface area contributed by atoms with Crippen molar-refractivity contribution < 1.29 is 8.39 Å². The maximum Gasteiger partial charge on any atom is 0.306 e. The molecule has 0 aliphatic heterocycles. The summed E-state index contributed by atoms with van der Waals surface area (Å²) in [6, 6.07) is 14.9. The van der Waals surface area contributed by atoms with Crippen molar-refractivity contribution in [1.82, 2.24) is 14.8 Å². The maximum atomic E-state index is 12.0. The maximum absolute atomic E-state index is 12.0. The predicted octanol–water partition coefficient (Wildman–Crippen LogP) is 2.82. The SMILES string of the molecule is Cc1ccc(OS(=O)NNc2nc(C)nc3ccccc23)cc1. The van der Waals surface area contributed by atoms with Crippen LogP contribution in [-0.2, 0) is 11.3 Å². The fourth-order valence-electron chi connectivity index (χ4n) is 2.08. The molecule has 0 saturated heterocycles. The molecule has 1 aromatic heterocycles. The fraction of sp³-hybridized carbons (Fsp3) is 0.125. The molecule has 1 atom stereocenters. The highest BCUT2D eigenvalue weighted by atomic mass is 32.2. The van der Waals surface area contributed by atoms with Crippen LogP contribution < -0.4 is 14.4 Å². The molecule has 0 aliphatic carbocycles. The second-order valence-corrected chi connectivity index (χ2v) is 5.83. The molecule has 6 nitrogen and oxygen atoms in total. The van der Waals surface area contributed by atoms with Gasteiger partial charge in [0.05, 0.1) is 5.52 Å². The molecule has 1 heterocycles. The van der Waals surface area contributed by atoms with Crippen LogP contribution in [0.3, 0.4) is 0 Å². The number of anilines is 1. The van der Waals surface area contributed by atoms with E-state index in [4.69, 9.17) is 4.18 Å². The molecular weight excluding hydrogens is 312 g/mol. The Morgan fingerprint density at radius 2 is 1.74 bits per heavy atom. The molecule has 2 aromatic carbocycles. The summed E-state index contributed by atoms with van der Waals surface area (Å²) < 4.78 is 17.3. The fourth-order valence-corrected chi connectivity index (χ4v) is 2.59. The molecule has 0 spiro atoms. The first-order valence-electron chi connectivity index (χ1n) is 7.03. The lowest BCUT2D eigenvalue weighted by Gasteiger charge is -2.10. The Hall–Kier alpha value is -2.51. The minimum absolute atomic E-state index is 0.520. The first kappa shape index (κ1) is 15.4. The number of rotatable bonds is 5. The molecular formula is C16H16N4O2S. The van der Waals surface area contributed by atoms with Gasteiger partial charge in [-0.05, 0) is 38.1 Å². The van der Waals surface area contributed by atoms with Crippen LogP contribution in [0.5, 0.6) is 5.75 Å². The molecule has 3 aromatic rings. The Kier molecular flexibility index (Phi) is 4.50. The summed E-state index contributed by atoms with van der Waals surface area (Å²) in [7, 11) is 0. The normalized spacial score (nSPS) is 12.1. The first-order valence-corrected chi connectivity index (χ1v) is 8.11. The molecule has 118 valence electrons. The van der Waals surface area contributed by atoms with Crippen molar-refractivity contribution in [3.8, 4) is 5.75 Å². The van der Waals surface area contributed by atoms with Gasteiger partial charge in [0.25, 0.3) is 0 Å². The van der Waals surface area contributed by atoms with Gasteiger partial charge in [0.15, 0.2) is 5.82 Å². The van der Waals surface area contributed by atoms with Gasteiger partial charge in [-0.3, -0.25) is 5.43 Å². The number of hydrogen-bond acceptors (Lipinski definition) is 5. The molecule has 23 heavy (non-hydrogen) atoms. The number of aromatic nitrogens is 2. The number of benzene rings is 2. The summed E-state index contributed by atoms with van der Waals surface area (Å²) in [5.41, 5.74) is 4.76. The highest BCUT2D eigenvalue weighted by Gasteiger charge is 2.07. The quantitative estimate of drug-likeness (QED) is 0.704. The van der Waals surface area contributed by atoms with Crippen molar-refractivity contribution in [2.24, 2.45) is 0 Å². The van der Waals surface area contributed by atoms with Crippen LogP contribution in [-0.4, -0.2) is 14.2 Å². The molecule has 7 heteroatoms. The minimum atomic E-state index is -1.75. The minimum Gasteiger partial charge on any atom is -0.388 e. The lowest BCUT2D eigenvalue weighted by atomic mass is 10.2. The van der Waals surface area contributed by atoms with E-state index in [1.807, 2.05) is 43.3 Å². The van der Waals surface area contributed by atoms with Crippen molar-refractivity contribution in [3.05, 3.63) is 59.9 Å². The summed E-state index contributed by atoms with van der Waals surface area (Å²) >= 11 is -1.75. The Morgan fingerprint density at radius 1 is 1.00 bits per heavy atom. The van der Waals surface area contributed by atoms with E-state index in [0.29, 0.717) is 17.4 Å². The summed E-state index contributed by atoms with van der Waals surface area (Å²) in [5.74, 6) is 1.69. The Morgan fingerprint density at radius 3 is 2.52 bits per heavy atom. The number of fused-ring (bicyclic) bond motifs is 1. The predicted molar refractivity (Wildman–Crippen MR) is 91.0 cm³/mol. The van der Waals surface area contributed by atoms with Gasteiger partial charge in [0.2, 0.25) is 0 Å². The highest BCUT2D eigenvalue weighted by molar-refractivity contribution is 7.78. The second-order valence-electron chi connectivity index (χ2n) is 4.99. The standard InChI is InChI=1S/C16H16N4O2S/c1-11-7-9-13(10-8-11)22-23(21)20-19-16-14-5-3-4-6-15(14)17-12(2)18-16/h3-10,20H,1-2H3,(H,17,18,19). The van der Waals surface area contributed by atoms with Crippen LogP contribution >= 0.6 is 0 Å². The molecule has 0 fully saturated rings. The summed E-state index contributed by atoms with van der Waals surface area (Å²) in [6.45, 7) is 3.78. The Balaban J connectivity index is 1.70. The van der Waals surface area contributed by atoms with Crippen molar-refractivity contribution in [1.29, 1.82) is 0 Å². The van der Waals surface area contributed by atoms with Gasteiger partial charge in [0.1, 0.15) is 11.6 Å². The number of aryl methyl sites for hydroxylation is 2. The van der Waals surface area contributed by atoms with Crippen LogP contribution in [0.2, 0.25) is 0 Å². The van der Waals surface area contributed by atoms with Crippen LogP contribution in [0.4, 0.5) is 5.82 Å². The molecule has 0 aliphatic rings. The summed E-state index contributed by atoms with van der Waals surface area (Å²) in [4.78, 5) is 11.3. The summed E-state index contributed by atoms with van der Waals surface area (Å²) in [6.07, 6.45) is 0. The number of para-hydroxylation sites is 1. The molecule has 0 bridgehead atoms. The van der Waals surface area contributed by atoms with E-state index in [1.165, 1.54) is 0 Å². The first-order chi connectivity index (χ1) is 11.1. The lowest BCUT2D eigenvalue weighted by Crippen LogP contribution is -2.28. The smallest absolute Gasteiger partial charge is 0.306 e. The Labute approximate surface area is 136 Å². The number of nitrogens with zero attached hydrogens (tertiary/aromatic N) is 2. The topological polar surface area (TPSA) is 76.1 Å². The average molecular weight is 328 g/mol. The van der Waals surface area contributed by atoms with Crippen molar-refractivity contribution in [2.75, 3.05) is 5.43 Å². The third kappa shape index (κ3) is 3.82. The zero-order chi connectivity index (χ0) is 16.2. The van der Waals surface area contributed by atoms with E-state index in [0.717, 1.165) is 16.5 Å². The van der Waals surface area contributed by atoms with Gasteiger partial charge in [-0.2, -0.15) is 4.21 Å². The van der Waals surface area contributed by atoms with Crippen molar-refractivity contribution in [3.63, 3.8) is 0 Å². The van der Waals surface area contributed by atoms with E-state index in [-0.39, 0.29) is 0 Å². The van der Waals surface area contributed by atoms with Gasteiger partial charge in [-0.25, -0.2) is 9.97 Å². The average Bonchev–Trinajstić information content (AvgIpc) is 2.54. The zero-order valence-electron chi connectivity index (χ0n) is 12.7. The van der Waals surface area contributed by atoms with E-state index >= 15 is 0 Å². The Bertz CT molecular complexity index is 852. The molecule has 0 radical (unpaired) electrons. The van der Waals surface area contributed by atoms with Gasteiger partial charge >= 0.3 is 11.3 Å². The molecule has 1 unspecified atom stereocenters. The van der Waals surface area contributed by atoms with Crippen molar-refractivity contribution in [2.45, 2.75) is 13.8 Å². The second kappa shape index (κ2) is 6.72. The molecule has 2 N–H and O–H groups in total. The van der Waals surface area contributed by atoms with Crippen molar-refractivity contribution >= 4 is 28.0 Å². The number of nitrogens with one attached hydrogen (secondary N) is 2. The van der Waals surface area contributed by atoms with E-state index in [2.05, 4.69) is 20.2 Å². The van der Waals surface area contributed by atoms with Crippen LogP contribution in [0.1, 0.15) is 11.4 Å². The van der Waals surface area contributed by atoms with Gasteiger partial charge in [-0.1, -0.05) is 29.8 Å². The number of hydrazine groups is 1. The summed E-state index contributed by atoms with van der Waals surface area (Å²) in [5, 5.41) is 0.831. The van der Waals surface area contributed by atoms with Crippen LogP contribution in [0.25, 0.3) is 10.9 Å². The largest absolute Gasteiger partial charge is 0.388 e. The third-order valence-electron chi connectivity index (χ3n) is 3.16. The van der Waals surface area contributed by atoms with Gasteiger partial charge in [0, 0.05) is 5.39 Å². The number of hydrogen-bond donors (Lipinski definition) is 2. The monoisotopic (exact) mass is 328 g/mol. The van der Waals surface area contributed by atoms with Crippen LogP contribution in [0.15, 0.2) is 48.5 Å². The van der Waals surface area contributed by atoms with E-state index < -0.39 is 11.3 Å². The lowest BCUT2D eigenvalue weighted by molar-refractivity contribution is 0.553. The van der Waals surface area contributed by atoms with Gasteiger partial charge in [-0.15, -0.1) is 4.83 Å². The van der Waals surface area contributed by atoms with Crippen LogP contribution in [0, 0.1) is 13.8 Å². The molecule has 0 saturated carbocycles. The highest BCUT2D eigenvalue weighted by Crippen LogP contribution is 2.19. The van der Waals surface area contributed by atoms with E-state index in [9.17, 15) is 4.21 Å². The third-order valence-corrected chi connectivity index (χ3v) is 3.77. The zero-order valence-corrected chi connectivity index (χ0v) is 13.6. The van der Waals surface area contributed by atoms with Gasteiger partial charge < -0.3 is 4.18 Å². The molecule has 3 rings (SSSR count). The molecule has 0 amide bonds. The van der Waals surface area contributed by atoms with E-state index in [1.54, 1.807) is 19.1 Å².